The Morgan fingerprint density at radius 3 is 2.28 bits per heavy atom. The van der Waals surface area contributed by atoms with Crippen molar-refractivity contribution in [3.63, 3.8) is 0 Å². The number of nitrogens with one attached hydrogen (secondary N) is 5. The first-order chi connectivity index (χ1) is 24.0. The van der Waals surface area contributed by atoms with Crippen LogP contribution in [0.15, 0.2) is 59.7 Å². The summed E-state index contributed by atoms with van der Waals surface area (Å²) in [6.45, 7) is 8.57. The van der Waals surface area contributed by atoms with Gasteiger partial charge in [-0.05, 0) is 62.4 Å². The molecule has 0 bridgehead atoms. The zero-order valence-electron chi connectivity index (χ0n) is 28.8. The highest BCUT2D eigenvalue weighted by atomic mass is 16.7. The topological polar surface area (TPSA) is 204 Å². The molecular weight excluding hydrogens is 646 g/mol. The number of hydrogen-bond donors (Lipinski definition) is 5. The molecule has 1 unspecified atom stereocenters. The van der Waals surface area contributed by atoms with Crippen molar-refractivity contribution < 1.29 is 38.2 Å². The van der Waals surface area contributed by atoms with E-state index in [0.29, 0.717) is 42.5 Å². The number of anilines is 1. The van der Waals surface area contributed by atoms with Gasteiger partial charge in [0, 0.05) is 24.8 Å². The summed E-state index contributed by atoms with van der Waals surface area (Å²) >= 11 is 0. The number of aromatic nitrogens is 1. The van der Waals surface area contributed by atoms with Gasteiger partial charge in [-0.1, -0.05) is 50.2 Å². The van der Waals surface area contributed by atoms with Crippen LogP contribution >= 0.6 is 0 Å². The molecule has 3 rings (SSSR count). The zero-order chi connectivity index (χ0) is 36.6. The average molecular weight is 690 g/mol. The smallest absolute Gasteiger partial charge is 0.423 e. The molecule has 0 radical (unpaired) electrons. The SMILES string of the molecule is CCCNC(=O)c1ccc(C)c(N(C(=O)OCOC(=O)C(C)NC(=O)OCc2ccccc2)C(=NC=N)c2[nH]cc(C(=O)NCCC)c2C)c1. The van der Waals surface area contributed by atoms with E-state index < -0.39 is 31.0 Å². The van der Waals surface area contributed by atoms with Gasteiger partial charge in [-0.15, -0.1) is 0 Å². The predicted octanol–water partition coefficient (Wildman–Crippen LogP) is 4.72. The quantitative estimate of drug-likeness (QED) is 0.0652. The van der Waals surface area contributed by atoms with Crippen LogP contribution in [-0.2, 0) is 25.6 Å². The Kier molecular flexibility index (Phi) is 14.7. The van der Waals surface area contributed by atoms with Crippen LogP contribution in [-0.4, -0.2) is 73.1 Å². The molecule has 5 N–H and O–H groups in total. The van der Waals surface area contributed by atoms with E-state index in [1.807, 2.05) is 19.9 Å². The van der Waals surface area contributed by atoms with Gasteiger partial charge in [0.1, 0.15) is 19.0 Å². The Labute approximate surface area is 290 Å². The standard InChI is InChI=1S/C35H43N7O8/c1-6-15-37-31(43)26-14-13-22(3)28(17-26)42(30(40-20-36)29-23(4)27(18-39-29)32(44)38-16-7-2)35(47)50-21-49-33(45)24(5)41-34(46)48-19-25-11-9-8-10-12-25/h8-14,17-18,20,24,36,39H,6-7,15-16,19,21H2,1-5H3,(H,37,43)(H,38,44)(H,41,46). The Bertz CT molecular complexity index is 1700. The molecule has 1 aromatic heterocycles. The normalized spacial score (nSPS) is 11.5. The van der Waals surface area contributed by atoms with E-state index in [0.717, 1.165) is 16.9 Å². The number of ether oxygens (including phenoxy) is 3. The van der Waals surface area contributed by atoms with Crippen LogP contribution < -0.4 is 20.9 Å². The molecule has 0 aliphatic carbocycles. The first-order valence-electron chi connectivity index (χ1n) is 16.0. The molecule has 0 aliphatic rings. The maximum Gasteiger partial charge on any atom is 0.423 e. The summed E-state index contributed by atoms with van der Waals surface area (Å²) in [7, 11) is 0. The van der Waals surface area contributed by atoms with Gasteiger partial charge in [-0.3, -0.25) is 15.0 Å². The number of alkyl carbamates (subject to hydrolysis) is 1. The van der Waals surface area contributed by atoms with Crippen molar-refractivity contribution in [2.24, 2.45) is 4.99 Å². The van der Waals surface area contributed by atoms with E-state index in [1.54, 1.807) is 50.2 Å². The molecule has 4 amide bonds. The molecule has 266 valence electrons. The highest BCUT2D eigenvalue weighted by Crippen LogP contribution is 2.27. The van der Waals surface area contributed by atoms with Crippen molar-refractivity contribution in [2.45, 2.75) is 60.1 Å². The number of aryl methyl sites for hydroxylation is 1. The highest BCUT2D eigenvalue weighted by molar-refractivity contribution is 6.24. The van der Waals surface area contributed by atoms with Crippen molar-refractivity contribution >= 4 is 47.8 Å². The van der Waals surface area contributed by atoms with Gasteiger partial charge in [-0.25, -0.2) is 24.3 Å². The molecule has 0 fully saturated rings. The average Bonchev–Trinajstić information content (AvgIpc) is 3.50. The molecule has 0 aliphatic heterocycles. The summed E-state index contributed by atoms with van der Waals surface area (Å²) in [5, 5.41) is 15.7. The van der Waals surface area contributed by atoms with E-state index in [1.165, 1.54) is 19.2 Å². The Hall–Kier alpha value is -5.99. The molecule has 2 aromatic carbocycles. The number of nitrogens with zero attached hydrogens (tertiary/aromatic N) is 2. The van der Waals surface area contributed by atoms with Crippen LogP contribution in [0.25, 0.3) is 0 Å². The van der Waals surface area contributed by atoms with E-state index >= 15 is 0 Å². The molecule has 1 heterocycles. The zero-order valence-corrected chi connectivity index (χ0v) is 28.8. The highest BCUT2D eigenvalue weighted by Gasteiger charge is 2.30. The second kappa shape index (κ2) is 19.1. The molecular formula is C35H43N7O8. The summed E-state index contributed by atoms with van der Waals surface area (Å²) < 4.78 is 15.6. The first kappa shape index (κ1) is 38.5. The van der Waals surface area contributed by atoms with Gasteiger partial charge < -0.3 is 35.1 Å². The minimum atomic E-state index is -1.15. The van der Waals surface area contributed by atoms with Crippen LogP contribution in [0.4, 0.5) is 15.3 Å². The number of benzene rings is 2. The van der Waals surface area contributed by atoms with Crippen molar-refractivity contribution in [1.29, 1.82) is 5.41 Å². The van der Waals surface area contributed by atoms with Crippen molar-refractivity contribution in [2.75, 3.05) is 24.8 Å². The largest absolute Gasteiger partial charge is 0.445 e. The van der Waals surface area contributed by atoms with Crippen molar-refractivity contribution in [3.05, 3.63) is 88.2 Å². The molecule has 0 saturated heterocycles. The minimum Gasteiger partial charge on any atom is -0.445 e. The number of amidine groups is 1. The third-order valence-electron chi connectivity index (χ3n) is 7.26. The molecule has 1 atom stereocenters. The van der Waals surface area contributed by atoms with E-state index in [4.69, 9.17) is 19.6 Å². The lowest BCUT2D eigenvalue weighted by Gasteiger charge is -2.25. The van der Waals surface area contributed by atoms with Crippen LogP contribution in [0, 0.1) is 19.3 Å². The monoisotopic (exact) mass is 689 g/mol. The predicted molar refractivity (Wildman–Crippen MR) is 186 cm³/mol. The van der Waals surface area contributed by atoms with Crippen molar-refractivity contribution in [1.82, 2.24) is 20.9 Å². The summed E-state index contributed by atoms with van der Waals surface area (Å²) in [5.74, 6) is -1.77. The Balaban J connectivity index is 1.86. The Morgan fingerprint density at radius 2 is 1.62 bits per heavy atom. The number of esters is 1. The number of aromatic amines is 1. The van der Waals surface area contributed by atoms with Gasteiger partial charge in [0.25, 0.3) is 11.8 Å². The first-order valence-corrected chi connectivity index (χ1v) is 16.0. The fraction of sp³-hybridized carbons (Fsp3) is 0.343. The van der Waals surface area contributed by atoms with Crippen LogP contribution in [0.2, 0.25) is 0 Å². The van der Waals surface area contributed by atoms with E-state index in [-0.39, 0.29) is 41.2 Å². The van der Waals surface area contributed by atoms with Gasteiger partial charge >= 0.3 is 18.2 Å². The number of H-pyrrole nitrogens is 1. The second-order valence-corrected chi connectivity index (χ2v) is 11.1. The lowest BCUT2D eigenvalue weighted by atomic mass is 10.1. The summed E-state index contributed by atoms with van der Waals surface area (Å²) in [6.07, 6.45) is 1.67. The molecule has 0 spiro atoms. The van der Waals surface area contributed by atoms with Gasteiger partial charge in [0.2, 0.25) is 6.79 Å². The van der Waals surface area contributed by atoms with Gasteiger partial charge in [0.15, 0.2) is 5.84 Å². The number of aliphatic imine (C=N–C) groups is 1. The summed E-state index contributed by atoms with van der Waals surface area (Å²) in [6, 6.07) is 12.5. The van der Waals surface area contributed by atoms with Crippen LogP contribution in [0.5, 0.6) is 0 Å². The molecule has 3 aromatic rings. The Morgan fingerprint density at radius 1 is 0.940 bits per heavy atom. The number of carbonyl (C=O) groups excluding carboxylic acids is 5. The molecule has 15 heteroatoms. The lowest BCUT2D eigenvalue weighted by molar-refractivity contribution is -0.153. The van der Waals surface area contributed by atoms with E-state index in [2.05, 4.69) is 25.9 Å². The molecule has 0 saturated carbocycles. The maximum absolute atomic E-state index is 13.9. The third kappa shape index (κ3) is 10.5. The second-order valence-electron chi connectivity index (χ2n) is 11.1. The number of carbonyl (C=O) groups is 5. The molecule has 50 heavy (non-hydrogen) atoms. The number of rotatable bonds is 15. The third-order valence-corrected chi connectivity index (χ3v) is 7.26. The fourth-order valence-electron chi connectivity index (χ4n) is 4.55. The van der Waals surface area contributed by atoms with Gasteiger partial charge in [-0.2, -0.15) is 0 Å². The molecule has 15 nitrogen and oxygen atoms in total. The maximum atomic E-state index is 13.9. The van der Waals surface area contributed by atoms with Crippen molar-refractivity contribution in [3.8, 4) is 0 Å². The van der Waals surface area contributed by atoms with E-state index in [9.17, 15) is 24.0 Å². The van der Waals surface area contributed by atoms with Crippen LogP contribution in [0.1, 0.15) is 76.7 Å². The number of hydrogen-bond acceptors (Lipinski definition) is 9. The lowest BCUT2D eigenvalue weighted by Crippen LogP contribution is -2.42. The van der Waals surface area contributed by atoms with Crippen LogP contribution in [0.3, 0.4) is 0 Å². The summed E-state index contributed by atoms with van der Waals surface area (Å²) in [5.41, 5.74) is 2.64. The minimum absolute atomic E-state index is 0.00635. The summed E-state index contributed by atoms with van der Waals surface area (Å²) in [4.78, 5) is 72.5. The fourth-order valence-corrected chi connectivity index (χ4v) is 4.55. The number of amides is 4. The van der Waals surface area contributed by atoms with Gasteiger partial charge in [0.05, 0.1) is 16.9 Å².